The van der Waals surface area contributed by atoms with Crippen LogP contribution in [-0.4, -0.2) is 61.0 Å². The first-order valence-corrected chi connectivity index (χ1v) is 11.9. The minimum absolute atomic E-state index is 0.00369. The molecule has 1 aromatic heterocycles. The number of morpholine rings is 1. The summed E-state index contributed by atoms with van der Waals surface area (Å²) in [7, 11) is 0. The molecule has 10 nitrogen and oxygen atoms in total. The van der Waals surface area contributed by atoms with Crippen LogP contribution in [0.2, 0.25) is 0 Å². The zero-order chi connectivity index (χ0) is 26.2. The molecule has 37 heavy (non-hydrogen) atoms. The number of rotatable bonds is 9. The largest absolute Gasteiger partial charge is 0.456 e. The molecule has 0 saturated carbocycles. The first-order chi connectivity index (χ1) is 17.9. The van der Waals surface area contributed by atoms with E-state index in [9.17, 15) is 19.7 Å². The summed E-state index contributed by atoms with van der Waals surface area (Å²) in [5.74, 6) is -0.386. The number of amides is 2. The van der Waals surface area contributed by atoms with Crippen LogP contribution in [0.15, 0.2) is 70.8 Å². The summed E-state index contributed by atoms with van der Waals surface area (Å²) in [6.07, 6.45) is 1.41. The summed E-state index contributed by atoms with van der Waals surface area (Å²) >= 11 is 0. The van der Waals surface area contributed by atoms with Crippen molar-refractivity contribution in [3.8, 4) is 11.3 Å². The Hall–Kier alpha value is -4.28. The quantitative estimate of drug-likeness (QED) is 0.260. The van der Waals surface area contributed by atoms with Crippen LogP contribution in [0.3, 0.4) is 0 Å². The first-order valence-electron chi connectivity index (χ1n) is 11.9. The van der Waals surface area contributed by atoms with Crippen LogP contribution in [0.4, 0.5) is 5.69 Å². The van der Waals surface area contributed by atoms with Crippen molar-refractivity contribution in [2.24, 2.45) is 0 Å². The van der Waals surface area contributed by atoms with Crippen molar-refractivity contribution in [3.63, 3.8) is 0 Å². The molecule has 2 aromatic carbocycles. The van der Waals surface area contributed by atoms with Crippen LogP contribution >= 0.6 is 0 Å². The second-order valence-electron chi connectivity index (χ2n) is 8.56. The number of nitrogens with one attached hydrogen (secondary N) is 2. The van der Waals surface area contributed by atoms with Gasteiger partial charge in [-0.25, -0.2) is 0 Å². The van der Waals surface area contributed by atoms with E-state index in [0.717, 1.165) is 18.7 Å². The molecule has 1 aliphatic rings. The number of nitrogens with zero attached hydrogens (tertiary/aromatic N) is 2. The highest BCUT2D eigenvalue weighted by Gasteiger charge is 2.19. The van der Waals surface area contributed by atoms with Crippen molar-refractivity contribution in [2.75, 3.05) is 39.4 Å². The average Bonchev–Trinajstić information content (AvgIpc) is 3.37. The molecule has 3 aromatic rings. The van der Waals surface area contributed by atoms with Gasteiger partial charge in [0.05, 0.1) is 23.7 Å². The molecular weight excluding hydrogens is 476 g/mol. The number of para-hydroxylation sites is 1. The fraction of sp³-hybridized carbons (Fsp3) is 0.259. The van der Waals surface area contributed by atoms with Crippen LogP contribution in [0.25, 0.3) is 17.4 Å². The number of hydrogen-bond acceptors (Lipinski definition) is 7. The molecule has 0 unspecified atom stereocenters. The van der Waals surface area contributed by atoms with Gasteiger partial charge in [0.25, 0.3) is 17.5 Å². The molecule has 4 rings (SSSR count). The van der Waals surface area contributed by atoms with Crippen molar-refractivity contribution < 1.29 is 23.7 Å². The average molecular weight is 505 g/mol. The molecule has 0 atom stereocenters. The van der Waals surface area contributed by atoms with Gasteiger partial charge in [0, 0.05) is 43.9 Å². The van der Waals surface area contributed by atoms with Crippen molar-refractivity contribution in [1.29, 1.82) is 0 Å². The normalized spacial score (nSPS) is 14.2. The summed E-state index contributed by atoms with van der Waals surface area (Å²) in [6.45, 7) is 5.86. The van der Waals surface area contributed by atoms with E-state index in [2.05, 4.69) is 15.5 Å². The number of benzene rings is 2. The lowest BCUT2D eigenvalue weighted by atomic mass is 10.1. The van der Waals surface area contributed by atoms with Gasteiger partial charge in [-0.05, 0) is 37.3 Å². The second-order valence-corrected chi connectivity index (χ2v) is 8.56. The Morgan fingerprint density at radius 2 is 1.78 bits per heavy atom. The summed E-state index contributed by atoms with van der Waals surface area (Å²) < 4.78 is 11.2. The number of nitro groups is 1. The molecule has 2 heterocycles. The number of nitro benzene ring substituents is 1. The minimum Gasteiger partial charge on any atom is -0.456 e. The van der Waals surface area contributed by atoms with Crippen LogP contribution in [0.1, 0.15) is 21.7 Å². The van der Waals surface area contributed by atoms with Crippen molar-refractivity contribution in [1.82, 2.24) is 15.5 Å². The summed E-state index contributed by atoms with van der Waals surface area (Å²) in [5.41, 5.74) is 1.62. The first kappa shape index (κ1) is 25.8. The molecule has 0 radical (unpaired) electrons. The highest BCUT2D eigenvalue weighted by atomic mass is 16.6. The predicted molar refractivity (Wildman–Crippen MR) is 138 cm³/mol. The number of furan rings is 1. The Bertz CT molecular complexity index is 1290. The zero-order valence-electron chi connectivity index (χ0n) is 20.4. The van der Waals surface area contributed by atoms with Gasteiger partial charge in [-0.3, -0.25) is 24.6 Å². The summed E-state index contributed by atoms with van der Waals surface area (Å²) in [5, 5.41) is 16.9. The van der Waals surface area contributed by atoms with Gasteiger partial charge in [-0.15, -0.1) is 0 Å². The van der Waals surface area contributed by atoms with Gasteiger partial charge in [-0.2, -0.15) is 0 Å². The lowest BCUT2D eigenvalue weighted by Crippen LogP contribution is -2.42. The Morgan fingerprint density at radius 3 is 2.51 bits per heavy atom. The lowest BCUT2D eigenvalue weighted by Gasteiger charge is -2.26. The van der Waals surface area contributed by atoms with Gasteiger partial charge in [0.1, 0.15) is 17.2 Å². The van der Waals surface area contributed by atoms with Gasteiger partial charge < -0.3 is 19.8 Å². The number of aryl methyl sites for hydroxylation is 1. The van der Waals surface area contributed by atoms with Gasteiger partial charge in [0.2, 0.25) is 0 Å². The van der Waals surface area contributed by atoms with E-state index in [1.165, 1.54) is 12.1 Å². The summed E-state index contributed by atoms with van der Waals surface area (Å²) in [6, 6.07) is 16.4. The number of carbonyl (C=O) groups excluding carboxylic acids is 2. The SMILES string of the molecule is Cc1ccc(C(=O)NC(=Cc2ccc(-c3ccccc3[N+](=O)[O-])o2)C(=O)NCCN2CCOCC2)cc1. The minimum atomic E-state index is -0.484. The van der Waals surface area contributed by atoms with Crippen molar-refractivity contribution >= 4 is 23.6 Å². The molecule has 0 spiro atoms. The number of carbonyl (C=O) groups is 2. The Kier molecular flexibility index (Phi) is 8.44. The monoisotopic (exact) mass is 504 g/mol. The maximum absolute atomic E-state index is 13.1. The molecule has 192 valence electrons. The Balaban J connectivity index is 1.54. The van der Waals surface area contributed by atoms with E-state index in [4.69, 9.17) is 9.15 Å². The van der Waals surface area contributed by atoms with E-state index >= 15 is 0 Å². The molecule has 1 saturated heterocycles. The Morgan fingerprint density at radius 1 is 1.05 bits per heavy atom. The smallest absolute Gasteiger partial charge is 0.280 e. The standard InChI is InChI=1S/C27H28N4O6/c1-19-6-8-20(9-7-19)26(32)29-23(27(33)28-12-13-30-14-16-36-17-15-30)18-21-10-11-25(37-21)22-4-2-3-5-24(22)31(34)35/h2-11,18H,12-17H2,1H3,(H,28,33)(H,29,32). The van der Waals surface area contributed by atoms with Gasteiger partial charge in [0.15, 0.2) is 0 Å². The third kappa shape index (κ3) is 6.90. The topological polar surface area (TPSA) is 127 Å². The molecule has 1 fully saturated rings. The number of ether oxygens (including phenoxy) is 1. The zero-order valence-corrected chi connectivity index (χ0v) is 20.4. The molecule has 10 heteroatoms. The van der Waals surface area contributed by atoms with Crippen molar-refractivity contribution in [3.05, 3.63) is 93.4 Å². The summed E-state index contributed by atoms with van der Waals surface area (Å²) in [4.78, 5) is 39.0. The van der Waals surface area contributed by atoms with Gasteiger partial charge >= 0.3 is 0 Å². The van der Waals surface area contributed by atoms with Gasteiger partial charge in [-0.1, -0.05) is 29.8 Å². The fourth-order valence-corrected chi connectivity index (χ4v) is 3.86. The molecular formula is C27H28N4O6. The van der Waals surface area contributed by atoms with Crippen molar-refractivity contribution in [2.45, 2.75) is 6.92 Å². The molecule has 2 amide bonds. The molecule has 1 aliphatic heterocycles. The molecule has 0 aliphatic carbocycles. The second kappa shape index (κ2) is 12.1. The van der Waals surface area contributed by atoms with E-state index in [1.54, 1.807) is 42.5 Å². The van der Waals surface area contributed by atoms with Crippen LogP contribution in [-0.2, 0) is 9.53 Å². The highest BCUT2D eigenvalue weighted by Crippen LogP contribution is 2.31. The lowest BCUT2D eigenvalue weighted by molar-refractivity contribution is -0.384. The highest BCUT2D eigenvalue weighted by molar-refractivity contribution is 6.05. The maximum atomic E-state index is 13.1. The van der Waals surface area contributed by atoms with E-state index < -0.39 is 16.7 Å². The maximum Gasteiger partial charge on any atom is 0.280 e. The molecule has 0 bridgehead atoms. The van der Waals surface area contributed by atoms with Crippen LogP contribution < -0.4 is 10.6 Å². The third-order valence-electron chi connectivity index (χ3n) is 5.90. The Labute approximate surface area is 214 Å². The van der Waals surface area contributed by atoms with E-state index in [0.29, 0.717) is 37.4 Å². The fourth-order valence-electron chi connectivity index (χ4n) is 3.86. The van der Waals surface area contributed by atoms with E-state index in [1.807, 2.05) is 19.1 Å². The van der Waals surface area contributed by atoms with Crippen LogP contribution in [0, 0.1) is 17.0 Å². The number of hydrogen-bond donors (Lipinski definition) is 2. The van der Waals surface area contributed by atoms with Crippen LogP contribution in [0.5, 0.6) is 0 Å². The predicted octanol–water partition coefficient (Wildman–Crippen LogP) is 3.38. The van der Waals surface area contributed by atoms with E-state index in [-0.39, 0.29) is 22.9 Å². The third-order valence-corrected chi connectivity index (χ3v) is 5.90. The molecule has 2 N–H and O–H groups in total.